The van der Waals surface area contributed by atoms with E-state index in [2.05, 4.69) is 29.6 Å². The van der Waals surface area contributed by atoms with Gasteiger partial charge in [-0.3, -0.25) is 4.79 Å². The van der Waals surface area contributed by atoms with E-state index in [1.807, 2.05) is 36.4 Å². The molecule has 2 aromatic rings. The Morgan fingerprint density at radius 3 is 2.15 bits per heavy atom. The van der Waals surface area contributed by atoms with Gasteiger partial charge in [-0.25, -0.2) is 0 Å². The number of carbonyl (C=O) groups is 1. The van der Waals surface area contributed by atoms with E-state index in [4.69, 9.17) is 0 Å². The molecule has 0 radical (unpaired) electrons. The molecule has 0 saturated carbocycles. The molecule has 0 aromatic heterocycles. The van der Waals surface area contributed by atoms with E-state index in [1.165, 1.54) is 11.1 Å². The fourth-order valence-electron chi connectivity index (χ4n) is 1.88. The zero-order valence-corrected chi connectivity index (χ0v) is 12.2. The molecule has 0 spiro atoms. The first-order valence-corrected chi connectivity index (χ1v) is 7.92. The summed E-state index contributed by atoms with van der Waals surface area (Å²) in [5, 5.41) is 2.96. The zero-order valence-electron chi connectivity index (χ0n) is 11.4. The first kappa shape index (κ1) is 14.7. The summed E-state index contributed by atoms with van der Waals surface area (Å²) in [4.78, 5) is 11.7. The van der Waals surface area contributed by atoms with Crippen LogP contribution in [0.2, 0.25) is 0 Å². The SMILES string of the molecule is O=C(CSCc1ccccc1)NCCc1ccccc1. The fourth-order valence-corrected chi connectivity index (χ4v) is 2.70. The van der Waals surface area contributed by atoms with Crippen LogP contribution in [0.4, 0.5) is 0 Å². The Labute approximate surface area is 124 Å². The normalized spacial score (nSPS) is 10.2. The average Bonchev–Trinajstić information content (AvgIpc) is 2.49. The molecule has 0 aliphatic heterocycles. The van der Waals surface area contributed by atoms with Crippen molar-refractivity contribution in [1.29, 1.82) is 0 Å². The van der Waals surface area contributed by atoms with Gasteiger partial charge in [0.25, 0.3) is 0 Å². The van der Waals surface area contributed by atoms with Crippen molar-refractivity contribution in [1.82, 2.24) is 5.32 Å². The van der Waals surface area contributed by atoms with Gasteiger partial charge in [0.2, 0.25) is 5.91 Å². The van der Waals surface area contributed by atoms with Crippen molar-refractivity contribution >= 4 is 17.7 Å². The van der Waals surface area contributed by atoms with Crippen molar-refractivity contribution in [3.8, 4) is 0 Å². The number of thioether (sulfide) groups is 1. The Hall–Kier alpha value is -1.74. The number of hydrogen-bond acceptors (Lipinski definition) is 2. The summed E-state index contributed by atoms with van der Waals surface area (Å²) in [5.41, 5.74) is 2.51. The second-order valence-corrected chi connectivity index (χ2v) is 5.55. The van der Waals surface area contributed by atoms with Crippen LogP contribution in [0.5, 0.6) is 0 Å². The summed E-state index contributed by atoms with van der Waals surface area (Å²) in [6.45, 7) is 0.703. The van der Waals surface area contributed by atoms with Crippen LogP contribution in [0.3, 0.4) is 0 Å². The van der Waals surface area contributed by atoms with E-state index in [9.17, 15) is 4.79 Å². The molecule has 20 heavy (non-hydrogen) atoms. The van der Waals surface area contributed by atoms with Crippen LogP contribution in [0.1, 0.15) is 11.1 Å². The number of nitrogens with one attached hydrogen (secondary N) is 1. The lowest BCUT2D eigenvalue weighted by Gasteiger charge is -2.05. The predicted molar refractivity (Wildman–Crippen MR) is 85.8 cm³/mol. The molecule has 0 fully saturated rings. The van der Waals surface area contributed by atoms with Crippen molar-refractivity contribution in [2.75, 3.05) is 12.3 Å². The lowest BCUT2D eigenvalue weighted by Crippen LogP contribution is -2.27. The van der Waals surface area contributed by atoms with Gasteiger partial charge in [-0.2, -0.15) is 0 Å². The van der Waals surface area contributed by atoms with Crippen molar-refractivity contribution in [3.05, 3.63) is 71.8 Å². The Bertz CT molecular complexity index is 466. The highest BCUT2D eigenvalue weighted by molar-refractivity contribution is 7.99. The van der Waals surface area contributed by atoms with Gasteiger partial charge in [-0.05, 0) is 17.5 Å². The standard InChI is InChI=1S/C17H19NOS/c19-17(14-20-13-16-9-5-2-6-10-16)18-12-11-15-7-3-1-4-8-15/h1-10H,11-14H2,(H,18,19). The third-order valence-electron chi connectivity index (χ3n) is 2.92. The minimum atomic E-state index is 0.113. The van der Waals surface area contributed by atoms with E-state index in [0.29, 0.717) is 12.3 Å². The minimum absolute atomic E-state index is 0.113. The van der Waals surface area contributed by atoms with Gasteiger partial charge in [0.15, 0.2) is 0 Å². The van der Waals surface area contributed by atoms with Crippen molar-refractivity contribution < 1.29 is 4.79 Å². The number of hydrogen-bond donors (Lipinski definition) is 1. The van der Waals surface area contributed by atoms with Gasteiger partial charge in [-0.1, -0.05) is 60.7 Å². The molecule has 1 N–H and O–H groups in total. The summed E-state index contributed by atoms with van der Waals surface area (Å²) in [7, 11) is 0. The predicted octanol–water partition coefficient (Wildman–Crippen LogP) is 3.28. The van der Waals surface area contributed by atoms with E-state index < -0.39 is 0 Å². The molecule has 0 unspecified atom stereocenters. The second-order valence-electron chi connectivity index (χ2n) is 4.56. The quantitative estimate of drug-likeness (QED) is 0.846. The molecule has 0 atom stereocenters. The number of carbonyl (C=O) groups excluding carboxylic acids is 1. The molecule has 0 bridgehead atoms. The van der Waals surface area contributed by atoms with Gasteiger partial charge < -0.3 is 5.32 Å². The highest BCUT2D eigenvalue weighted by atomic mass is 32.2. The highest BCUT2D eigenvalue weighted by Gasteiger charge is 2.01. The molecule has 0 aliphatic carbocycles. The van der Waals surface area contributed by atoms with Crippen molar-refractivity contribution in [2.24, 2.45) is 0 Å². The largest absolute Gasteiger partial charge is 0.355 e. The minimum Gasteiger partial charge on any atom is -0.355 e. The van der Waals surface area contributed by atoms with Crippen LogP contribution in [-0.4, -0.2) is 18.2 Å². The average molecular weight is 285 g/mol. The molecule has 0 saturated heterocycles. The van der Waals surface area contributed by atoms with E-state index in [1.54, 1.807) is 11.8 Å². The smallest absolute Gasteiger partial charge is 0.230 e. The van der Waals surface area contributed by atoms with Gasteiger partial charge in [0.1, 0.15) is 0 Å². The third kappa shape index (κ3) is 5.49. The molecule has 0 heterocycles. The molecule has 2 rings (SSSR count). The second kappa shape index (κ2) is 8.43. The maximum absolute atomic E-state index is 11.7. The van der Waals surface area contributed by atoms with E-state index >= 15 is 0 Å². The Morgan fingerprint density at radius 2 is 1.50 bits per heavy atom. The highest BCUT2D eigenvalue weighted by Crippen LogP contribution is 2.10. The van der Waals surface area contributed by atoms with Crippen molar-refractivity contribution in [3.63, 3.8) is 0 Å². The molecule has 0 aliphatic rings. The molecular formula is C17H19NOS. The monoisotopic (exact) mass is 285 g/mol. The Morgan fingerprint density at radius 1 is 0.900 bits per heavy atom. The zero-order chi connectivity index (χ0) is 14.0. The fraction of sp³-hybridized carbons (Fsp3) is 0.235. The van der Waals surface area contributed by atoms with Gasteiger partial charge in [0, 0.05) is 12.3 Å². The Balaban J connectivity index is 1.59. The van der Waals surface area contributed by atoms with E-state index in [-0.39, 0.29) is 5.91 Å². The van der Waals surface area contributed by atoms with Gasteiger partial charge in [0.05, 0.1) is 5.75 Å². The summed E-state index contributed by atoms with van der Waals surface area (Å²) in [6, 6.07) is 20.4. The lowest BCUT2D eigenvalue weighted by atomic mass is 10.1. The summed E-state index contributed by atoms with van der Waals surface area (Å²) in [5.74, 6) is 1.51. The molecule has 3 heteroatoms. The third-order valence-corrected chi connectivity index (χ3v) is 3.93. The first-order chi connectivity index (χ1) is 9.84. The van der Waals surface area contributed by atoms with Crippen LogP contribution in [0.15, 0.2) is 60.7 Å². The number of amides is 1. The van der Waals surface area contributed by atoms with Gasteiger partial charge >= 0.3 is 0 Å². The summed E-state index contributed by atoms with van der Waals surface area (Å²) in [6.07, 6.45) is 0.885. The summed E-state index contributed by atoms with van der Waals surface area (Å²) >= 11 is 1.65. The number of rotatable bonds is 7. The molecule has 2 nitrogen and oxygen atoms in total. The van der Waals surface area contributed by atoms with Crippen LogP contribution >= 0.6 is 11.8 Å². The molecule has 104 valence electrons. The lowest BCUT2D eigenvalue weighted by molar-refractivity contribution is -0.118. The van der Waals surface area contributed by atoms with Crippen molar-refractivity contribution in [2.45, 2.75) is 12.2 Å². The Kier molecular flexibility index (Phi) is 6.18. The van der Waals surface area contributed by atoms with E-state index in [0.717, 1.165) is 12.2 Å². The van der Waals surface area contributed by atoms with Crippen LogP contribution in [0, 0.1) is 0 Å². The first-order valence-electron chi connectivity index (χ1n) is 6.77. The van der Waals surface area contributed by atoms with Crippen LogP contribution < -0.4 is 5.32 Å². The molecule has 1 amide bonds. The maximum Gasteiger partial charge on any atom is 0.230 e. The van der Waals surface area contributed by atoms with Crippen LogP contribution in [-0.2, 0) is 17.0 Å². The topological polar surface area (TPSA) is 29.1 Å². The number of benzene rings is 2. The maximum atomic E-state index is 11.7. The van der Waals surface area contributed by atoms with Crippen LogP contribution in [0.25, 0.3) is 0 Å². The van der Waals surface area contributed by atoms with Gasteiger partial charge in [-0.15, -0.1) is 11.8 Å². The molecular weight excluding hydrogens is 266 g/mol. The summed E-state index contributed by atoms with van der Waals surface area (Å²) < 4.78 is 0. The molecule has 2 aromatic carbocycles.